The third-order valence-electron chi connectivity index (χ3n) is 2.52. The standard InChI is InChI=1S/C12H12BrN3O/c1-7-11(14)15-10(16-12(7)17)6-8-2-4-9(13)5-3-8/h2-5H,6H2,1H3,(H3,14,15,16,17). The Morgan fingerprint density at radius 3 is 2.59 bits per heavy atom. The van der Waals surface area contributed by atoms with Crippen LogP contribution in [0, 0.1) is 6.92 Å². The Hall–Kier alpha value is -1.62. The molecule has 0 atom stereocenters. The van der Waals surface area contributed by atoms with E-state index in [0.29, 0.717) is 23.6 Å². The van der Waals surface area contributed by atoms with Crippen LogP contribution < -0.4 is 11.3 Å². The molecule has 0 aliphatic rings. The summed E-state index contributed by atoms with van der Waals surface area (Å²) in [7, 11) is 0. The number of nitrogens with zero attached hydrogens (tertiary/aromatic N) is 1. The van der Waals surface area contributed by atoms with Crippen LogP contribution in [0.25, 0.3) is 0 Å². The molecule has 0 saturated carbocycles. The monoisotopic (exact) mass is 293 g/mol. The highest BCUT2D eigenvalue weighted by atomic mass is 79.9. The normalized spacial score (nSPS) is 10.5. The van der Waals surface area contributed by atoms with E-state index in [-0.39, 0.29) is 5.56 Å². The first-order chi connectivity index (χ1) is 8.06. The summed E-state index contributed by atoms with van der Waals surface area (Å²) in [4.78, 5) is 18.4. The number of aromatic amines is 1. The van der Waals surface area contributed by atoms with E-state index in [9.17, 15) is 4.79 Å². The van der Waals surface area contributed by atoms with Gasteiger partial charge in [-0.15, -0.1) is 0 Å². The molecule has 0 fully saturated rings. The summed E-state index contributed by atoms with van der Waals surface area (Å²) < 4.78 is 1.02. The molecule has 1 aromatic heterocycles. The van der Waals surface area contributed by atoms with Gasteiger partial charge in [0.05, 0.1) is 5.56 Å². The maximum Gasteiger partial charge on any atom is 0.255 e. The van der Waals surface area contributed by atoms with E-state index >= 15 is 0 Å². The SMILES string of the molecule is Cc1c(N)nc(Cc2ccc(Br)cc2)[nH]c1=O. The molecule has 0 aliphatic heterocycles. The maximum atomic E-state index is 11.5. The second-order valence-electron chi connectivity index (χ2n) is 3.83. The van der Waals surface area contributed by atoms with Gasteiger partial charge in [-0.3, -0.25) is 4.79 Å². The molecule has 17 heavy (non-hydrogen) atoms. The average Bonchev–Trinajstić information content (AvgIpc) is 2.29. The molecule has 0 bridgehead atoms. The number of nitrogens with one attached hydrogen (secondary N) is 1. The zero-order valence-corrected chi connectivity index (χ0v) is 10.9. The first kappa shape index (κ1) is 11.9. The van der Waals surface area contributed by atoms with Gasteiger partial charge in [-0.05, 0) is 24.6 Å². The van der Waals surface area contributed by atoms with E-state index in [2.05, 4.69) is 25.9 Å². The lowest BCUT2D eigenvalue weighted by Crippen LogP contribution is -2.17. The number of halogens is 1. The molecule has 5 heteroatoms. The van der Waals surface area contributed by atoms with Gasteiger partial charge in [0.2, 0.25) is 0 Å². The quantitative estimate of drug-likeness (QED) is 0.890. The molecule has 4 nitrogen and oxygen atoms in total. The molecule has 0 amide bonds. The Kier molecular flexibility index (Phi) is 3.28. The van der Waals surface area contributed by atoms with E-state index in [0.717, 1.165) is 10.0 Å². The summed E-state index contributed by atoms with van der Waals surface area (Å²) in [6.07, 6.45) is 0.562. The zero-order chi connectivity index (χ0) is 12.4. The molecule has 0 saturated heterocycles. The summed E-state index contributed by atoms with van der Waals surface area (Å²) in [5.74, 6) is 0.876. The number of nitrogens with two attached hydrogens (primary N) is 1. The molecule has 0 unspecified atom stereocenters. The minimum absolute atomic E-state index is 0.176. The van der Waals surface area contributed by atoms with Crippen LogP contribution in [-0.4, -0.2) is 9.97 Å². The molecule has 2 aromatic rings. The molecular weight excluding hydrogens is 282 g/mol. The number of anilines is 1. The number of hydrogen-bond acceptors (Lipinski definition) is 3. The van der Waals surface area contributed by atoms with Crippen LogP contribution in [0.4, 0.5) is 5.82 Å². The van der Waals surface area contributed by atoms with Crippen LogP contribution in [0.5, 0.6) is 0 Å². The van der Waals surface area contributed by atoms with Crippen LogP contribution in [0.1, 0.15) is 17.0 Å². The molecule has 3 N–H and O–H groups in total. The van der Waals surface area contributed by atoms with Crippen LogP contribution in [0.3, 0.4) is 0 Å². The second-order valence-corrected chi connectivity index (χ2v) is 4.74. The fourth-order valence-corrected chi connectivity index (χ4v) is 1.74. The topological polar surface area (TPSA) is 71.8 Å². The number of rotatable bonds is 2. The molecular formula is C12H12BrN3O. The summed E-state index contributed by atoms with van der Waals surface area (Å²) in [5.41, 5.74) is 7.02. The third-order valence-corrected chi connectivity index (χ3v) is 3.05. The van der Waals surface area contributed by atoms with Crippen molar-refractivity contribution >= 4 is 21.7 Å². The Morgan fingerprint density at radius 2 is 2.00 bits per heavy atom. The van der Waals surface area contributed by atoms with Gasteiger partial charge < -0.3 is 10.7 Å². The summed E-state index contributed by atoms with van der Waals surface area (Å²) in [5, 5.41) is 0. The Bertz CT molecular complexity index is 590. The lowest BCUT2D eigenvalue weighted by Gasteiger charge is -2.04. The number of hydrogen-bond donors (Lipinski definition) is 2. The fraction of sp³-hybridized carbons (Fsp3) is 0.167. The Labute approximate surface area is 107 Å². The first-order valence-corrected chi connectivity index (χ1v) is 5.95. The van der Waals surface area contributed by atoms with Gasteiger partial charge in [0, 0.05) is 10.9 Å². The van der Waals surface area contributed by atoms with Crippen LogP contribution >= 0.6 is 15.9 Å². The molecule has 0 aliphatic carbocycles. The number of aromatic nitrogens is 2. The van der Waals surface area contributed by atoms with Gasteiger partial charge in [-0.25, -0.2) is 4.98 Å². The predicted octanol–water partition coefficient (Wildman–Crippen LogP) is 2.01. The third kappa shape index (κ3) is 2.74. The molecule has 88 valence electrons. The highest BCUT2D eigenvalue weighted by Gasteiger charge is 2.05. The number of nitrogen functional groups attached to an aromatic ring is 1. The van der Waals surface area contributed by atoms with E-state index in [1.807, 2.05) is 24.3 Å². The van der Waals surface area contributed by atoms with Crippen LogP contribution in [0.2, 0.25) is 0 Å². The van der Waals surface area contributed by atoms with E-state index in [1.165, 1.54) is 0 Å². The molecule has 0 radical (unpaired) electrons. The van der Waals surface area contributed by atoms with Crippen molar-refractivity contribution in [3.63, 3.8) is 0 Å². The Morgan fingerprint density at radius 1 is 1.35 bits per heavy atom. The van der Waals surface area contributed by atoms with Gasteiger partial charge >= 0.3 is 0 Å². The smallest absolute Gasteiger partial charge is 0.255 e. The summed E-state index contributed by atoms with van der Waals surface area (Å²) in [6.45, 7) is 1.66. The predicted molar refractivity (Wildman–Crippen MR) is 71.0 cm³/mol. The summed E-state index contributed by atoms with van der Waals surface area (Å²) in [6, 6.07) is 7.84. The molecule has 2 rings (SSSR count). The zero-order valence-electron chi connectivity index (χ0n) is 9.33. The van der Waals surface area contributed by atoms with Gasteiger partial charge in [0.25, 0.3) is 5.56 Å². The van der Waals surface area contributed by atoms with Crippen molar-refractivity contribution in [3.05, 3.63) is 56.0 Å². The molecule has 1 aromatic carbocycles. The minimum atomic E-state index is -0.176. The van der Waals surface area contributed by atoms with E-state index < -0.39 is 0 Å². The van der Waals surface area contributed by atoms with Crippen LogP contribution in [-0.2, 0) is 6.42 Å². The van der Waals surface area contributed by atoms with Crippen molar-refractivity contribution < 1.29 is 0 Å². The van der Waals surface area contributed by atoms with Crippen molar-refractivity contribution in [2.75, 3.05) is 5.73 Å². The Balaban J connectivity index is 2.30. The van der Waals surface area contributed by atoms with Crippen LogP contribution in [0.15, 0.2) is 33.5 Å². The van der Waals surface area contributed by atoms with Crippen molar-refractivity contribution in [1.82, 2.24) is 9.97 Å². The average molecular weight is 294 g/mol. The second kappa shape index (κ2) is 4.71. The summed E-state index contributed by atoms with van der Waals surface area (Å²) >= 11 is 3.37. The maximum absolute atomic E-state index is 11.5. The van der Waals surface area contributed by atoms with Crippen molar-refractivity contribution in [2.45, 2.75) is 13.3 Å². The van der Waals surface area contributed by atoms with Gasteiger partial charge in [-0.1, -0.05) is 28.1 Å². The molecule has 1 heterocycles. The van der Waals surface area contributed by atoms with E-state index in [4.69, 9.17) is 5.73 Å². The van der Waals surface area contributed by atoms with Crippen molar-refractivity contribution in [2.24, 2.45) is 0 Å². The molecule has 0 spiro atoms. The first-order valence-electron chi connectivity index (χ1n) is 5.16. The van der Waals surface area contributed by atoms with Gasteiger partial charge in [0.15, 0.2) is 0 Å². The largest absolute Gasteiger partial charge is 0.383 e. The number of benzene rings is 1. The van der Waals surface area contributed by atoms with E-state index in [1.54, 1.807) is 6.92 Å². The lowest BCUT2D eigenvalue weighted by molar-refractivity contribution is 0.937. The highest BCUT2D eigenvalue weighted by molar-refractivity contribution is 9.10. The number of H-pyrrole nitrogens is 1. The minimum Gasteiger partial charge on any atom is -0.383 e. The lowest BCUT2D eigenvalue weighted by atomic mass is 10.1. The van der Waals surface area contributed by atoms with Crippen molar-refractivity contribution in [1.29, 1.82) is 0 Å². The van der Waals surface area contributed by atoms with Crippen molar-refractivity contribution in [3.8, 4) is 0 Å². The fourth-order valence-electron chi connectivity index (χ4n) is 1.48. The van der Waals surface area contributed by atoms with Gasteiger partial charge in [-0.2, -0.15) is 0 Å². The van der Waals surface area contributed by atoms with Gasteiger partial charge in [0.1, 0.15) is 11.6 Å². The highest BCUT2D eigenvalue weighted by Crippen LogP contribution is 2.12.